The molecule has 0 aliphatic carbocycles. The lowest BCUT2D eigenvalue weighted by atomic mass is 10.2. The predicted molar refractivity (Wildman–Crippen MR) is 69.5 cm³/mol. The Morgan fingerprint density at radius 2 is 2.18 bits per heavy atom. The molecule has 2 nitrogen and oxygen atoms in total. The van der Waals surface area contributed by atoms with E-state index in [2.05, 4.69) is 19.2 Å². The van der Waals surface area contributed by atoms with Gasteiger partial charge in [-0.15, -0.1) is 0 Å². The zero-order valence-electron chi connectivity index (χ0n) is 10.3. The van der Waals surface area contributed by atoms with Crippen LogP contribution in [-0.2, 0) is 6.54 Å². The summed E-state index contributed by atoms with van der Waals surface area (Å²) in [6, 6.07) is 6.03. The number of alkyl halides is 1. The minimum absolute atomic E-state index is 0.356. The van der Waals surface area contributed by atoms with Crippen LogP contribution >= 0.6 is 11.6 Å². The van der Waals surface area contributed by atoms with Gasteiger partial charge in [0.25, 0.3) is 0 Å². The molecule has 0 saturated heterocycles. The third-order valence-electron chi connectivity index (χ3n) is 2.27. The molecular weight excluding hydrogens is 241 g/mol. The Labute approximate surface area is 107 Å². The highest BCUT2D eigenvalue weighted by Crippen LogP contribution is 2.28. The van der Waals surface area contributed by atoms with Gasteiger partial charge in [0.15, 0.2) is 0 Å². The summed E-state index contributed by atoms with van der Waals surface area (Å²) in [5, 5.41) is 3.88. The highest BCUT2D eigenvalue weighted by molar-refractivity contribution is 6.32. The Kier molecular flexibility index (Phi) is 6.30. The van der Waals surface area contributed by atoms with Gasteiger partial charge in [-0.2, -0.15) is 0 Å². The number of benzene rings is 1. The summed E-state index contributed by atoms with van der Waals surface area (Å²) in [6.45, 7) is 4.84. The number of ether oxygens (including phenoxy) is 1. The molecule has 0 atom stereocenters. The average Bonchev–Trinajstić information content (AvgIpc) is 2.29. The second-order valence-corrected chi connectivity index (χ2v) is 4.56. The van der Waals surface area contributed by atoms with Crippen LogP contribution in [0.1, 0.15) is 25.8 Å². The van der Waals surface area contributed by atoms with Gasteiger partial charge in [0.1, 0.15) is 5.75 Å². The van der Waals surface area contributed by atoms with Crippen LogP contribution in [-0.4, -0.2) is 19.3 Å². The largest absolute Gasteiger partial charge is 0.492 e. The maximum atomic E-state index is 12.0. The van der Waals surface area contributed by atoms with Crippen LogP contribution in [0.5, 0.6) is 5.75 Å². The minimum atomic E-state index is -0.371. The number of nitrogens with one attached hydrogen (secondary N) is 1. The van der Waals surface area contributed by atoms with Gasteiger partial charge in [0.2, 0.25) is 0 Å². The monoisotopic (exact) mass is 259 g/mol. The lowest BCUT2D eigenvalue weighted by molar-refractivity contribution is 0.286. The Bertz CT molecular complexity index is 344. The topological polar surface area (TPSA) is 21.3 Å². The molecule has 0 aromatic heterocycles. The fourth-order valence-electron chi connectivity index (χ4n) is 1.40. The van der Waals surface area contributed by atoms with Crippen LogP contribution in [0, 0.1) is 0 Å². The molecule has 0 fully saturated rings. The predicted octanol–water partition coefficient (Wildman–Crippen LogP) is 3.58. The second kappa shape index (κ2) is 7.51. The lowest BCUT2D eigenvalue weighted by Gasteiger charge is -2.14. The van der Waals surface area contributed by atoms with Crippen molar-refractivity contribution in [2.24, 2.45) is 0 Å². The molecule has 0 spiro atoms. The van der Waals surface area contributed by atoms with Crippen LogP contribution in [0.3, 0.4) is 0 Å². The maximum Gasteiger partial charge on any atom is 0.142 e. The number of rotatable bonds is 7. The van der Waals surface area contributed by atoms with Crippen molar-refractivity contribution in [3.8, 4) is 5.75 Å². The maximum absolute atomic E-state index is 12.0. The summed E-state index contributed by atoms with van der Waals surface area (Å²) >= 11 is 6.08. The van der Waals surface area contributed by atoms with Gasteiger partial charge in [-0.05, 0) is 6.07 Å². The molecule has 0 radical (unpaired) electrons. The van der Waals surface area contributed by atoms with Crippen LogP contribution < -0.4 is 10.1 Å². The van der Waals surface area contributed by atoms with E-state index in [4.69, 9.17) is 16.3 Å². The first-order valence-electron chi connectivity index (χ1n) is 5.84. The highest BCUT2D eigenvalue weighted by atomic mass is 35.5. The molecule has 0 amide bonds. The van der Waals surface area contributed by atoms with Gasteiger partial charge in [0.05, 0.1) is 18.3 Å². The van der Waals surface area contributed by atoms with Crippen molar-refractivity contribution in [1.82, 2.24) is 5.32 Å². The van der Waals surface area contributed by atoms with Crippen molar-refractivity contribution in [3.05, 3.63) is 28.8 Å². The van der Waals surface area contributed by atoms with E-state index in [1.807, 2.05) is 12.1 Å². The zero-order valence-corrected chi connectivity index (χ0v) is 11.1. The number of hydrogen-bond donors (Lipinski definition) is 1. The molecule has 0 unspecified atom stereocenters. The van der Waals surface area contributed by atoms with Crippen molar-refractivity contribution in [1.29, 1.82) is 0 Å². The third-order valence-corrected chi connectivity index (χ3v) is 2.57. The molecular formula is C13H19ClFNO. The lowest BCUT2D eigenvalue weighted by Crippen LogP contribution is -2.22. The van der Waals surface area contributed by atoms with Crippen LogP contribution in [0.2, 0.25) is 5.02 Å². The van der Waals surface area contributed by atoms with E-state index in [1.54, 1.807) is 6.07 Å². The van der Waals surface area contributed by atoms with E-state index in [9.17, 15) is 4.39 Å². The Morgan fingerprint density at radius 3 is 2.82 bits per heavy atom. The molecule has 17 heavy (non-hydrogen) atoms. The quantitative estimate of drug-likeness (QED) is 0.756. The first kappa shape index (κ1) is 14.3. The SMILES string of the molecule is CC(C)NCc1cccc(Cl)c1OCCCF. The number of hydrogen-bond acceptors (Lipinski definition) is 2. The molecule has 0 saturated carbocycles. The van der Waals surface area contributed by atoms with Gasteiger partial charge in [0, 0.05) is 24.6 Å². The number of para-hydroxylation sites is 1. The van der Waals surface area contributed by atoms with Crippen molar-refractivity contribution in [2.45, 2.75) is 32.9 Å². The molecule has 4 heteroatoms. The molecule has 0 aliphatic heterocycles. The summed E-state index contributed by atoms with van der Waals surface area (Å²) in [6.07, 6.45) is 0.391. The average molecular weight is 260 g/mol. The van der Waals surface area contributed by atoms with Gasteiger partial charge >= 0.3 is 0 Å². The van der Waals surface area contributed by atoms with Gasteiger partial charge in [-0.25, -0.2) is 0 Å². The summed E-state index contributed by atoms with van der Waals surface area (Å²) in [7, 11) is 0. The molecule has 1 aromatic rings. The van der Waals surface area contributed by atoms with E-state index in [1.165, 1.54) is 0 Å². The molecule has 0 bridgehead atoms. The minimum Gasteiger partial charge on any atom is -0.492 e. The zero-order chi connectivity index (χ0) is 12.7. The normalized spacial score (nSPS) is 10.9. The Balaban J connectivity index is 2.69. The standard InChI is InChI=1S/C13H19ClFNO/c1-10(2)16-9-11-5-3-6-12(14)13(11)17-8-4-7-15/h3,5-6,10,16H,4,7-9H2,1-2H3. The Morgan fingerprint density at radius 1 is 1.41 bits per heavy atom. The highest BCUT2D eigenvalue weighted by Gasteiger charge is 2.08. The van der Waals surface area contributed by atoms with Gasteiger partial charge < -0.3 is 10.1 Å². The van der Waals surface area contributed by atoms with Crippen LogP contribution in [0.4, 0.5) is 4.39 Å². The first-order valence-corrected chi connectivity index (χ1v) is 6.22. The van der Waals surface area contributed by atoms with E-state index < -0.39 is 0 Å². The smallest absolute Gasteiger partial charge is 0.142 e. The summed E-state index contributed by atoms with van der Waals surface area (Å²) < 4.78 is 17.6. The van der Waals surface area contributed by atoms with Crippen molar-refractivity contribution < 1.29 is 9.13 Å². The summed E-state index contributed by atoms with van der Waals surface area (Å²) in [5.74, 6) is 0.663. The summed E-state index contributed by atoms with van der Waals surface area (Å²) in [5.41, 5.74) is 1.00. The van der Waals surface area contributed by atoms with Gasteiger partial charge in [-0.3, -0.25) is 4.39 Å². The molecule has 0 aliphatic rings. The van der Waals surface area contributed by atoms with E-state index in [0.29, 0.717) is 36.4 Å². The first-order chi connectivity index (χ1) is 8.15. The molecule has 96 valence electrons. The van der Waals surface area contributed by atoms with Crippen molar-refractivity contribution >= 4 is 11.6 Å². The fourth-order valence-corrected chi connectivity index (χ4v) is 1.65. The van der Waals surface area contributed by atoms with Crippen LogP contribution in [0.25, 0.3) is 0 Å². The molecule has 1 aromatic carbocycles. The van der Waals surface area contributed by atoms with Crippen molar-refractivity contribution in [3.63, 3.8) is 0 Å². The van der Waals surface area contributed by atoms with Gasteiger partial charge in [-0.1, -0.05) is 37.6 Å². The molecule has 0 heterocycles. The van der Waals surface area contributed by atoms with E-state index in [-0.39, 0.29) is 6.67 Å². The molecule has 1 rings (SSSR count). The molecule has 1 N–H and O–H groups in total. The Hall–Kier alpha value is -0.800. The summed E-state index contributed by atoms with van der Waals surface area (Å²) in [4.78, 5) is 0. The van der Waals surface area contributed by atoms with E-state index >= 15 is 0 Å². The van der Waals surface area contributed by atoms with Crippen LogP contribution in [0.15, 0.2) is 18.2 Å². The van der Waals surface area contributed by atoms with E-state index in [0.717, 1.165) is 5.56 Å². The fraction of sp³-hybridized carbons (Fsp3) is 0.538. The van der Waals surface area contributed by atoms with Crippen molar-refractivity contribution in [2.75, 3.05) is 13.3 Å². The number of halogens is 2. The second-order valence-electron chi connectivity index (χ2n) is 4.15. The third kappa shape index (κ3) is 4.92.